The molecule has 1 aromatic carbocycles. The minimum atomic E-state index is -0.201. The molecular weight excluding hydrogens is 294 g/mol. The Bertz CT molecular complexity index is 701. The second-order valence-corrected chi connectivity index (χ2v) is 4.66. The van der Waals surface area contributed by atoms with Crippen molar-refractivity contribution in [2.75, 3.05) is 26.1 Å². The molecular formula is C17H19N3O3. The van der Waals surface area contributed by atoms with Gasteiger partial charge in [0, 0.05) is 24.5 Å². The Morgan fingerprint density at radius 2 is 1.96 bits per heavy atom. The number of amides is 1. The topological polar surface area (TPSA) is 72.5 Å². The van der Waals surface area contributed by atoms with E-state index in [1.807, 2.05) is 12.1 Å². The van der Waals surface area contributed by atoms with Crippen LogP contribution in [0.25, 0.3) is 0 Å². The summed E-state index contributed by atoms with van der Waals surface area (Å²) in [6.45, 7) is 3.97. The summed E-state index contributed by atoms with van der Waals surface area (Å²) in [4.78, 5) is 16.0. The van der Waals surface area contributed by atoms with Gasteiger partial charge < -0.3 is 20.1 Å². The van der Waals surface area contributed by atoms with Crippen molar-refractivity contribution in [3.05, 3.63) is 54.9 Å². The molecule has 6 nitrogen and oxygen atoms in total. The summed E-state index contributed by atoms with van der Waals surface area (Å²) in [5, 5.41) is 5.89. The number of aromatic nitrogens is 1. The number of hydrogen-bond donors (Lipinski definition) is 2. The first-order valence-corrected chi connectivity index (χ1v) is 7.01. The van der Waals surface area contributed by atoms with E-state index < -0.39 is 0 Å². The average Bonchev–Trinajstić information content (AvgIpc) is 2.59. The molecule has 0 spiro atoms. The standard InChI is InChI=1S/C17H19N3O3/c1-4-7-19-17(21)12-8-14(11-18-10-12)20-13-5-6-15(22-2)16(9-13)23-3/h4-6,8-11,20H,1,7H2,2-3H3,(H,19,21). The van der Waals surface area contributed by atoms with Crippen LogP contribution in [0.5, 0.6) is 11.5 Å². The molecule has 2 rings (SSSR count). The van der Waals surface area contributed by atoms with E-state index >= 15 is 0 Å². The van der Waals surface area contributed by atoms with E-state index in [0.717, 1.165) is 5.69 Å². The molecule has 1 aromatic heterocycles. The SMILES string of the molecule is C=CCNC(=O)c1cncc(Nc2ccc(OC)c(OC)c2)c1. The van der Waals surface area contributed by atoms with E-state index in [4.69, 9.17) is 9.47 Å². The van der Waals surface area contributed by atoms with E-state index in [-0.39, 0.29) is 5.91 Å². The highest BCUT2D eigenvalue weighted by Gasteiger charge is 2.08. The lowest BCUT2D eigenvalue weighted by molar-refractivity contribution is 0.0957. The molecule has 1 amide bonds. The summed E-state index contributed by atoms with van der Waals surface area (Å²) in [6.07, 6.45) is 4.77. The summed E-state index contributed by atoms with van der Waals surface area (Å²) >= 11 is 0. The highest BCUT2D eigenvalue weighted by Crippen LogP contribution is 2.31. The highest BCUT2D eigenvalue weighted by molar-refractivity contribution is 5.94. The van der Waals surface area contributed by atoms with E-state index in [9.17, 15) is 4.79 Å². The number of rotatable bonds is 7. The minimum Gasteiger partial charge on any atom is -0.493 e. The number of benzene rings is 1. The Morgan fingerprint density at radius 3 is 2.65 bits per heavy atom. The average molecular weight is 313 g/mol. The summed E-state index contributed by atoms with van der Waals surface area (Å²) in [5.74, 6) is 1.06. The lowest BCUT2D eigenvalue weighted by Gasteiger charge is -2.11. The second-order valence-electron chi connectivity index (χ2n) is 4.66. The maximum absolute atomic E-state index is 11.9. The molecule has 0 radical (unpaired) electrons. The van der Waals surface area contributed by atoms with Crippen LogP contribution in [0, 0.1) is 0 Å². The predicted molar refractivity (Wildman–Crippen MR) is 89.6 cm³/mol. The van der Waals surface area contributed by atoms with Gasteiger partial charge in [-0.05, 0) is 18.2 Å². The summed E-state index contributed by atoms with van der Waals surface area (Å²) in [5.41, 5.74) is 1.97. The number of nitrogens with one attached hydrogen (secondary N) is 2. The van der Waals surface area contributed by atoms with Crippen molar-refractivity contribution in [2.24, 2.45) is 0 Å². The van der Waals surface area contributed by atoms with E-state index in [0.29, 0.717) is 29.3 Å². The largest absolute Gasteiger partial charge is 0.493 e. The monoisotopic (exact) mass is 313 g/mol. The number of ether oxygens (including phenoxy) is 2. The number of carbonyl (C=O) groups is 1. The molecule has 0 saturated heterocycles. The molecule has 0 aliphatic heterocycles. The zero-order valence-electron chi connectivity index (χ0n) is 13.1. The molecule has 0 unspecified atom stereocenters. The summed E-state index contributed by atoms with van der Waals surface area (Å²) < 4.78 is 10.5. The van der Waals surface area contributed by atoms with E-state index in [1.165, 1.54) is 6.20 Å². The fourth-order valence-corrected chi connectivity index (χ4v) is 1.98. The Hall–Kier alpha value is -3.02. The fraction of sp³-hybridized carbons (Fsp3) is 0.176. The van der Waals surface area contributed by atoms with Gasteiger partial charge in [-0.25, -0.2) is 0 Å². The Labute approximate surface area is 135 Å². The van der Waals surface area contributed by atoms with Gasteiger partial charge in [0.25, 0.3) is 5.91 Å². The van der Waals surface area contributed by atoms with Crippen LogP contribution in [-0.2, 0) is 0 Å². The van der Waals surface area contributed by atoms with E-state index in [2.05, 4.69) is 22.2 Å². The van der Waals surface area contributed by atoms with Crippen LogP contribution in [0.1, 0.15) is 10.4 Å². The molecule has 1 heterocycles. The van der Waals surface area contributed by atoms with Crippen molar-refractivity contribution in [3.63, 3.8) is 0 Å². The zero-order valence-corrected chi connectivity index (χ0v) is 13.1. The fourth-order valence-electron chi connectivity index (χ4n) is 1.98. The van der Waals surface area contributed by atoms with Crippen molar-refractivity contribution in [2.45, 2.75) is 0 Å². The summed E-state index contributed by atoms with van der Waals surface area (Å²) in [6, 6.07) is 7.19. The normalized spacial score (nSPS) is 9.83. The smallest absolute Gasteiger partial charge is 0.253 e. The van der Waals surface area contributed by atoms with Gasteiger partial charge in [0.05, 0.1) is 31.7 Å². The first-order valence-electron chi connectivity index (χ1n) is 7.01. The first kappa shape index (κ1) is 16.4. The van der Waals surface area contributed by atoms with Gasteiger partial charge in [0.2, 0.25) is 0 Å². The Morgan fingerprint density at radius 1 is 1.17 bits per heavy atom. The molecule has 0 bridgehead atoms. The zero-order chi connectivity index (χ0) is 16.7. The van der Waals surface area contributed by atoms with Gasteiger partial charge in [-0.15, -0.1) is 6.58 Å². The molecule has 6 heteroatoms. The number of methoxy groups -OCH3 is 2. The number of hydrogen-bond acceptors (Lipinski definition) is 5. The van der Waals surface area contributed by atoms with Crippen LogP contribution < -0.4 is 20.1 Å². The number of nitrogens with zero attached hydrogens (tertiary/aromatic N) is 1. The Balaban J connectivity index is 2.17. The lowest BCUT2D eigenvalue weighted by atomic mass is 10.2. The van der Waals surface area contributed by atoms with Gasteiger partial charge in [-0.1, -0.05) is 6.08 Å². The molecule has 23 heavy (non-hydrogen) atoms. The van der Waals surface area contributed by atoms with Gasteiger partial charge >= 0.3 is 0 Å². The van der Waals surface area contributed by atoms with Crippen molar-refractivity contribution in [1.82, 2.24) is 10.3 Å². The second kappa shape index (κ2) is 7.84. The van der Waals surface area contributed by atoms with E-state index in [1.54, 1.807) is 38.6 Å². The maximum Gasteiger partial charge on any atom is 0.253 e. The van der Waals surface area contributed by atoms with Crippen molar-refractivity contribution < 1.29 is 14.3 Å². The maximum atomic E-state index is 11.9. The highest BCUT2D eigenvalue weighted by atomic mass is 16.5. The third-order valence-corrected chi connectivity index (χ3v) is 3.08. The van der Waals surface area contributed by atoms with Crippen molar-refractivity contribution in [3.8, 4) is 11.5 Å². The predicted octanol–water partition coefficient (Wildman–Crippen LogP) is 2.76. The minimum absolute atomic E-state index is 0.201. The number of pyridine rings is 1. The number of carbonyl (C=O) groups excluding carboxylic acids is 1. The third-order valence-electron chi connectivity index (χ3n) is 3.08. The number of anilines is 2. The van der Waals surface area contributed by atoms with Crippen molar-refractivity contribution >= 4 is 17.3 Å². The van der Waals surface area contributed by atoms with Crippen LogP contribution in [-0.4, -0.2) is 31.7 Å². The van der Waals surface area contributed by atoms with Crippen LogP contribution in [0.3, 0.4) is 0 Å². The van der Waals surface area contributed by atoms with Crippen LogP contribution in [0.4, 0.5) is 11.4 Å². The summed E-state index contributed by atoms with van der Waals surface area (Å²) in [7, 11) is 3.16. The first-order chi connectivity index (χ1) is 11.2. The van der Waals surface area contributed by atoms with Gasteiger partial charge in [-0.3, -0.25) is 9.78 Å². The van der Waals surface area contributed by atoms with Crippen LogP contribution in [0.15, 0.2) is 49.3 Å². The van der Waals surface area contributed by atoms with Gasteiger partial charge in [0.15, 0.2) is 11.5 Å². The van der Waals surface area contributed by atoms with Gasteiger partial charge in [-0.2, -0.15) is 0 Å². The molecule has 2 aromatic rings. The quantitative estimate of drug-likeness (QED) is 0.769. The molecule has 0 saturated carbocycles. The van der Waals surface area contributed by atoms with Crippen LogP contribution >= 0.6 is 0 Å². The lowest BCUT2D eigenvalue weighted by Crippen LogP contribution is -2.23. The van der Waals surface area contributed by atoms with Crippen LogP contribution in [0.2, 0.25) is 0 Å². The Kier molecular flexibility index (Phi) is 5.57. The third kappa shape index (κ3) is 4.23. The molecule has 0 aliphatic rings. The molecule has 0 atom stereocenters. The van der Waals surface area contributed by atoms with Crippen molar-refractivity contribution in [1.29, 1.82) is 0 Å². The molecule has 0 fully saturated rings. The van der Waals surface area contributed by atoms with Gasteiger partial charge in [0.1, 0.15) is 0 Å². The molecule has 0 aliphatic carbocycles. The molecule has 120 valence electrons. The molecule has 2 N–H and O–H groups in total.